The van der Waals surface area contributed by atoms with Gasteiger partial charge in [-0.15, -0.1) is 22.7 Å². The summed E-state index contributed by atoms with van der Waals surface area (Å²) in [5.41, 5.74) is 2.55. The van der Waals surface area contributed by atoms with Crippen LogP contribution in [-0.4, -0.2) is 28.7 Å². The van der Waals surface area contributed by atoms with E-state index in [-0.39, 0.29) is 17.1 Å². The summed E-state index contributed by atoms with van der Waals surface area (Å²) in [4.78, 5) is 31.4. The zero-order valence-corrected chi connectivity index (χ0v) is 19.6. The van der Waals surface area contributed by atoms with Crippen molar-refractivity contribution in [1.82, 2.24) is 4.98 Å². The number of benzene rings is 1. The van der Waals surface area contributed by atoms with E-state index in [0.29, 0.717) is 23.1 Å². The number of thiazole rings is 1. The summed E-state index contributed by atoms with van der Waals surface area (Å²) in [7, 11) is 0. The number of thioether (sulfide) groups is 1. The van der Waals surface area contributed by atoms with Crippen molar-refractivity contribution in [3.8, 4) is 0 Å². The third-order valence-electron chi connectivity index (χ3n) is 5.15. The molecule has 1 N–H and O–H groups in total. The van der Waals surface area contributed by atoms with Gasteiger partial charge >= 0.3 is 5.97 Å². The first-order chi connectivity index (χ1) is 14.5. The number of anilines is 1. The lowest BCUT2D eigenvalue weighted by Gasteiger charge is -2.18. The summed E-state index contributed by atoms with van der Waals surface area (Å²) in [6, 6.07) is 7.96. The third-order valence-corrected chi connectivity index (χ3v) is 8.55. The summed E-state index contributed by atoms with van der Waals surface area (Å²) in [5.74, 6) is 0.117. The van der Waals surface area contributed by atoms with E-state index < -0.39 is 0 Å². The van der Waals surface area contributed by atoms with Crippen LogP contribution in [0.25, 0.3) is 10.2 Å². The average molecular weight is 461 g/mol. The van der Waals surface area contributed by atoms with E-state index in [1.54, 1.807) is 18.3 Å². The van der Waals surface area contributed by atoms with Gasteiger partial charge in [-0.3, -0.25) is 4.79 Å². The Morgan fingerprint density at radius 3 is 2.90 bits per heavy atom. The number of fused-ring (bicyclic) bond motifs is 2. The maximum atomic E-state index is 12.9. The van der Waals surface area contributed by atoms with Gasteiger partial charge in [-0.1, -0.05) is 30.8 Å². The highest BCUT2D eigenvalue weighted by Gasteiger charge is 2.30. The van der Waals surface area contributed by atoms with Gasteiger partial charge in [0.15, 0.2) is 4.34 Å². The van der Waals surface area contributed by atoms with E-state index in [1.165, 1.54) is 28.0 Å². The SMILES string of the molecule is CCOC(=O)c1c(NC(=O)[C@@H](C)Sc2nc3ccccc3s2)sc2c1CC[C@@H](C)C2. The van der Waals surface area contributed by atoms with Crippen molar-refractivity contribution in [1.29, 1.82) is 0 Å². The molecule has 2 atom stereocenters. The van der Waals surface area contributed by atoms with Crippen LogP contribution in [0.2, 0.25) is 0 Å². The van der Waals surface area contributed by atoms with Crippen molar-refractivity contribution in [3.05, 3.63) is 40.3 Å². The van der Waals surface area contributed by atoms with Crippen molar-refractivity contribution >= 4 is 61.5 Å². The van der Waals surface area contributed by atoms with Crippen molar-refractivity contribution < 1.29 is 14.3 Å². The summed E-state index contributed by atoms with van der Waals surface area (Å²) in [6.07, 6.45) is 2.85. The number of para-hydroxylation sites is 1. The fourth-order valence-corrected chi connectivity index (χ4v) is 7.19. The number of esters is 1. The molecule has 0 bridgehead atoms. The van der Waals surface area contributed by atoms with Crippen molar-refractivity contribution in [3.63, 3.8) is 0 Å². The van der Waals surface area contributed by atoms with Gasteiger partial charge in [0.25, 0.3) is 0 Å². The number of carbonyl (C=O) groups excluding carboxylic acids is 2. The molecule has 1 aliphatic rings. The summed E-state index contributed by atoms with van der Waals surface area (Å²) in [6.45, 7) is 6.21. The minimum atomic E-state index is -0.341. The number of carbonyl (C=O) groups is 2. The maximum Gasteiger partial charge on any atom is 0.341 e. The van der Waals surface area contributed by atoms with Crippen LogP contribution in [0.3, 0.4) is 0 Å². The van der Waals surface area contributed by atoms with Gasteiger partial charge < -0.3 is 10.1 Å². The number of nitrogens with one attached hydrogen (secondary N) is 1. The Morgan fingerprint density at radius 2 is 2.13 bits per heavy atom. The Labute approximate surface area is 188 Å². The van der Waals surface area contributed by atoms with E-state index >= 15 is 0 Å². The molecule has 4 rings (SSSR count). The predicted molar refractivity (Wildman–Crippen MR) is 125 cm³/mol. The van der Waals surface area contributed by atoms with Gasteiger partial charge in [-0.25, -0.2) is 9.78 Å². The molecule has 30 heavy (non-hydrogen) atoms. The molecule has 2 aromatic heterocycles. The van der Waals surface area contributed by atoms with Gasteiger partial charge in [0.2, 0.25) is 5.91 Å². The molecule has 0 radical (unpaired) electrons. The second-order valence-electron chi connectivity index (χ2n) is 7.47. The first-order valence-corrected chi connectivity index (χ1v) is 12.6. The fourth-order valence-electron chi connectivity index (χ4n) is 3.58. The van der Waals surface area contributed by atoms with Crippen LogP contribution in [0, 0.1) is 5.92 Å². The number of thiophene rings is 1. The molecule has 0 saturated carbocycles. The van der Waals surface area contributed by atoms with Crippen molar-refractivity contribution in [2.45, 2.75) is 49.6 Å². The number of ether oxygens (including phenoxy) is 1. The number of aromatic nitrogens is 1. The molecule has 3 aromatic rings. The van der Waals surface area contributed by atoms with Crippen LogP contribution < -0.4 is 5.32 Å². The quantitative estimate of drug-likeness (QED) is 0.373. The molecule has 0 unspecified atom stereocenters. The van der Waals surface area contributed by atoms with Crippen LogP contribution in [0.15, 0.2) is 28.6 Å². The van der Waals surface area contributed by atoms with E-state index in [1.807, 2.05) is 31.2 Å². The first kappa shape index (κ1) is 21.3. The standard InChI is InChI=1S/C22H24N2O3S3/c1-4-27-21(26)18-14-10-9-12(2)11-17(14)29-20(18)24-19(25)13(3)28-22-23-15-7-5-6-8-16(15)30-22/h5-8,12-13H,4,9-11H2,1-3H3,(H,24,25)/t12-,13-/m1/s1. The lowest BCUT2D eigenvalue weighted by Crippen LogP contribution is -2.23. The van der Waals surface area contributed by atoms with Crippen molar-refractivity contribution in [2.24, 2.45) is 5.92 Å². The Hall–Kier alpha value is -1.90. The number of nitrogens with zero attached hydrogens (tertiary/aromatic N) is 1. The van der Waals surface area contributed by atoms with Gasteiger partial charge in [-0.2, -0.15) is 0 Å². The highest BCUT2D eigenvalue weighted by molar-refractivity contribution is 8.02. The minimum Gasteiger partial charge on any atom is -0.462 e. The van der Waals surface area contributed by atoms with E-state index in [2.05, 4.69) is 17.2 Å². The van der Waals surface area contributed by atoms with Crippen LogP contribution in [0.5, 0.6) is 0 Å². The number of hydrogen-bond acceptors (Lipinski definition) is 7. The smallest absolute Gasteiger partial charge is 0.341 e. The zero-order valence-electron chi connectivity index (χ0n) is 17.2. The molecule has 1 aromatic carbocycles. The molecule has 158 valence electrons. The Morgan fingerprint density at radius 1 is 1.33 bits per heavy atom. The number of amides is 1. The maximum absolute atomic E-state index is 12.9. The Bertz CT molecular complexity index is 1060. The molecular weight excluding hydrogens is 436 g/mol. The third kappa shape index (κ3) is 4.40. The van der Waals surface area contributed by atoms with Crippen LogP contribution in [-0.2, 0) is 22.4 Å². The van der Waals surface area contributed by atoms with Crippen molar-refractivity contribution in [2.75, 3.05) is 11.9 Å². The van der Waals surface area contributed by atoms with Crippen LogP contribution in [0.1, 0.15) is 48.0 Å². The molecule has 0 saturated heterocycles. The van der Waals surface area contributed by atoms with E-state index in [4.69, 9.17) is 4.74 Å². The van der Waals surface area contributed by atoms with E-state index in [9.17, 15) is 9.59 Å². The molecule has 0 aliphatic heterocycles. The molecule has 0 fully saturated rings. The van der Waals surface area contributed by atoms with Gasteiger partial charge in [0, 0.05) is 4.88 Å². The van der Waals surface area contributed by atoms with Gasteiger partial charge in [-0.05, 0) is 56.7 Å². The fraction of sp³-hybridized carbons (Fsp3) is 0.409. The Kier molecular flexibility index (Phi) is 6.46. The average Bonchev–Trinajstić information content (AvgIpc) is 3.27. The van der Waals surface area contributed by atoms with Crippen LogP contribution in [0.4, 0.5) is 5.00 Å². The summed E-state index contributed by atoms with van der Waals surface area (Å²) in [5, 5.41) is 3.30. The second-order valence-corrected chi connectivity index (χ2v) is 11.2. The Balaban J connectivity index is 1.53. The lowest BCUT2D eigenvalue weighted by molar-refractivity contribution is -0.115. The molecular formula is C22H24N2O3S3. The normalized spacial score (nSPS) is 16.8. The van der Waals surface area contributed by atoms with E-state index in [0.717, 1.165) is 39.4 Å². The molecule has 2 heterocycles. The first-order valence-electron chi connectivity index (χ1n) is 10.1. The number of rotatable bonds is 6. The number of hydrogen-bond donors (Lipinski definition) is 1. The van der Waals surface area contributed by atoms with Gasteiger partial charge in [0.1, 0.15) is 5.00 Å². The topological polar surface area (TPSA) is 68.3 Å². The second kappa shape index (κ2) is 9.08. The summed E-state index contributed by atoms with van der Waals surface area (Å²) < 4.78 is 7.27. The molecule has 5 nitrogen and oxygen atoms in total. The van der Waals surface area contributed by atoms with Crippen LogP contribution >= 0.6 is 34.4 Å². The molecule has 1 aliphatic carbocycles. The molecule has 8 heteroatoms. The highest BCUT2D eigenvalue weighted by atomic mass is 32.2. The monoisotopic (exact) mass is 460 g/mol. The van der Waals surface area contributed by atoms with Gasteiger partial charge in [0.05, 0.1) is 27.6 Å². The summed E-state index contributed by atoms with van der Waals surface area (Å²) >= 11 is 4.55. The molecule has 1 amide bonds. The minimum absolute atomic E-state index is 0.128. The zero-order chi connectivity index (χ0) is 21.3. The largest absolute Gasteiger partial charge is 0.462 e. The highest BCUT2D eigenvalue weighted by Crippen LogP contribution is 2.40. The predicted octanol–water partition coefficient (Wildman–Crippen LogP) is 5.78. The lowest BCUT2D eigenvalue weighted by atomic mass is 9.88. The molecule has 0 spiro atoms.